The predicted molar refractivity (Wildman–Crippen MR) is 153 cm³/mol. The first-order valence-corrected chi connectivity index (χ1v) is 13.7. The lowest BCUT2D eigenvalue weighted by atomic mass is 10.1. The molecule has 2 N–H and O–H groups in total. The quantitative estimate of drug-likeness (QED) is 0.243. The molecule has 2 aromatic carbocycles. The molecule has 1 amide bonds. The first kappa shape index (κ1) is 28.2. The molecule has 6 rings (SSSR count). The zero-order chi connectivity index (χ0) is 29.9. The summed E-state index contributed by atoms with van der Waals surface area (Å²) in [6.07, 6.45) is 7.17. The van der Waals surface area contributed by atoms with Crippen molar-refractivity contribution in [3.05, 3.63) is 84.4 Å². The number of benzene rings is 2. The summed E-state index contributed by atoms with van der Waals surface area (Å²) in [5, 5.41) is 20.8. The first-order valence-electron chi connectivity index (χ1n) is 13.7. The molecule has 222 valence electrons. The first-order chi connectivity index (χ1) is 20.9. The Bertz CT molecular complexity index is 1740. The predicted octanol–water partition coefficient (Wildman–Crippen LogP) is 4.59. The molecule has 4 heterocycles. The minimum Gasteiger partial charge on any atom is -0.457 e. The van der Waals surface area contributed by atoms with Gasteiger partial charge in [0.25, 0.3) is 5.91 Å². The highest BCUT2D eigenvalue weighted by Gasteiger charge is 2.23. The molecule has 13 heteroatoms. The summed E-state index contributed by atoms with van der Waals surface area (Å²) >= 11 is 0. The number of carbonyl (C=O) groups excluding carboxylic acids is 1. The molecular weight excluding hydrogens is 560 g/mol. The average Bonchev–Trinajstić information content (AvgIpc) is 3.73. The molecule has 1 aliphatic rings. The highest BCUT2D eigenvalue weighted by atomic mass is 19.3. The second-order valence-corrected chi connectivity index (χ2v) is 10.3. The van der Waals surface area contributed by atoms with Gasteiger partial charge < -0.3 is 19.9 Å². The summed E-state index contributed by atoms with van der Waals surface area (Å²) in [6, 6.07) is 13.8. The highest BCUT2D eigenvalue weighted by Crippen LogP contribution is 2.39. The Labute approximate surface area is 245 Å². The number of rotatable bonds is 10. The van der Waals surface area contributed by atoms with Gasteiger partial charge in [-0.15, -0.1) is 0 Å². The lowest BCUT2D eigenvalue weighted by molar-refractivity contribution is -0.0494. The van der Waals surface area contributed by atoms with E-state index < -0.39 is 12.5 Å². The van der Waals surface area contributed by atoms with E-state index in [2.05, 4.69) is 25.4 Å². The van der Waals surface area contributed by atoms with Crippen molar-refractivity contribution < 1.29 is 28.2 Å². The van der Waals surface area contributed by atoms with Crippen LogP contribution in [0.1, 0.15) is 22.3 Å². The Morgan fingerprint density at radius 2 is 2.00 bits per heavy atom. The number of fused-ring (bicyclic) bond motifs is 1. The number of aryl methyl sites for hydroxylation is 1. The molecule has 3 aromatic heterocycles. The van der Waals surface area contributed by atoms with Crippen LogP contribution >= 0.6 is 0 Å². The fourth-order valence-corrected chi connectivity index (χ4v) is 5.17. The van der Waals surface area contributed by atoms with Crippen molar-refractivity contribution in [2.24, 2.45) is 13.0 Å². The Balaban J connectivity index is 1.24. The molecule has 0 saturated carbocycles. The van der Waals surface area contributed by atoms with Gasteiger partial charge in [0.2, 0.25) is 0 Å². The second-order valence-electron chi connectivity index (χ2n) is 10.3. The van der Waals surface area contributed by atoms with Gasteiger partial charge in [-0.2, -0.15) is 19.0 Å². The number of nitrogens with one attached hydrogen (secondary N) is 1. The lowest BCUT2D eigenvalue weighted by Crippen LogP contribution is -2.20. The molecule has 1 aliphatic heterocycles. The molecule has 0 unspecified atom stereocenters. The van der Waals surface area contributed by atoms with Gasteiger partial charge in [-0.3, -0.25) is 14.4 Å². The largest absolute Gasteiger partial charge is 0.457 e. The van der Waals surface area contributed by atoms with Crippen molar-refractivity contribution >= 4 is 17.2 Å². The summed E-state index contributed by atoms with van der Waals surface area (Å²) in [5.41, 5.74) is 2.40. The highest BCUT2D eigenvalue weighted by molar-refractivity contribution is 6.09. The number of aliphatic hydroxyl groups excluding tert-OH is 1. The summed E-state index contributed by atoms with van der Waals surface area (Å²) < 4.78 is 40.5. The van der Waals surface area contributed by atoms with Crippen molar-refractivity contribution in [3.8, 4) is 28.5 Å². The van der Waals surface area contributed by atoms with E-state index in [1.54, 1.807) is 37.8 Å². The van der Waals surface area contributed by atoms with E-state index in [-0.39, 0.29) is 34.9 Å². The number of aromatic nitrogens is 5. The van der Waals surface area contributed by atoms with Crippen LogP contribution in [0.25, 0.3) is 16.9 Å². The normalized spacial score (nSPS) is 15.3. The van der Waals surface area contributed by atoms with E-state index in [0.29, 0.717) is 23.1 Å². The van der Waals surface area contributed by atoms with Gasteiger partial charge in [0.15, 0.2) is 5.65 Å². The van der Waals surface area contributed by atoms with E-state index in [1.165, 1.54) is 27.5 Å². The van der Waals surface area contributed by atoms with Crippen molar-refractivity contribution in [2.45, 2.75) is 19.6 Å². The summed E-state index contributed by atoms with van der Waals surface area (Å²) in [7, 11) is 1.65. The number of hydrogen-bond donors (Lipinski definition) is 2. The third-order valence-corrected chi connectivity index (χ3v) is 7.22. The van der Waals surface area contributed by atoms with E-state index >= 15 is 0 Å². The Hall–Kier alpha value is -4.88. The van der Waals surface area contributed by atoms with Crippen LogP contribution < -0.4 is 14.8 Å². The summed E-state index contributed by atoms with van der Waals surface area (Å²) in [4.78, 5) is 19.7. The van der Waals surface area contributed by atoms with E-state index in [1.807, 2.05) is 24.3 Å². The zero-order valence-corrected chi connectivity index (χ0v) is 23.2. The molecule has 1 saturated heterocycles. The maximum Gasteiger partial charge on any atom is 0.387 e. The van der Waals surface area contributed by atoms with Crippen molar-refractivity contribution in [3.63, 3.8) is 0 Å². The third kappa shape index (κ3) is 6.32. The zero-order valence-electron chi connectivity index (χ0n) is 23.2. The SMILES string of the molecule is Cn1cc(NC(=O)c2cnn3cccnc23)c(-c2cc(Oc3ccc(CN4CC[C@@H](CO)C4)cc3)ccc2OC(F)F)n1. The number of halogens is 2. The molecular formula is C30H29F2N7O4. The topological polar surface area (TPSA) is 119 Å². The number of alkyl halides is 2. The minimum absolute atomic E-state index is 0.128. The van der Waals surface area contributed by atoms with Gasteiger partial charge in [0.05, 0.1) is 17.4 Å². The van der Waals surface area contributed by atoms with Gasteiger partial charge in [0, 0.05) is 45.3 Å². The molecule has 43 heavy (non-hydrogen) atoms. The number of amides is 1. The van der Waals surface area contributed by atoms with Crippen LogP contribution in [0.15, 0.2) is 73.3 Å². The number of nitrogens with zero attached hydrogens (tertiary/aromatic N) is 6. The van der Waals surface area contributed by atoms with Gasteiger partial charge in [-0.25, -0.2) is 9.50 Å². The van der Waals surface area contributed by atoms with Crippen LogP contribution in [-0.2, 0) is 13.6 Å². The van der Waals surface area contributed by atoms with Gasteiger partial charge in [-0.1, -0.05) is 12.1 Å². The fraction of sp³-hybridized carbons (Fsp3) is 0.267. The maximum absolute atomic E-state index is 13.4. The molecule has 0 aliphatic carbocycles. The number of ether oxygens (including phenoxy) is 2. The van der Waals surface area contributed by atoms with Crippen LogP contribution in [-0.4, -0.2) is 66.6 Å². The van der Waals surface area contributed by atoms with Crippen molar-refractivity contribution in [1.29, 1.82) is 0 Å². The Morgan fingerprint density at radius 3 is 2.77 bits per heavy atom. The van der Waals surface area contributed by atoms with Crippen LogP contribution in [0.3, 0.4) is 0 Å². The maximum atomic E-state index is 13.4. The van der Waals surface area contributed by atoms with Crippen LogP contribution in [0.2, 0.25) is 0 Å². The molecule has 0 bridgehead atoms. The van der Waals surface area contributed by atoms with Crippen LogP contribution in [0, 0.1) is 5.92 Å². The molecule has 1 fully saturated rings. The molecule has 1 atom stereocenters. The number of carbonyl (C=O) groups is 1. The van der Waals surface area contributed by atoms with E-state index in [0.717, 1.165) is 31.6 Å². The third-order valence-electron chi connectivity index (χ3n) is 7.22. The second kappa shape index (κ2) is 12.2. The summed E-state index contributed by atoms with van der Waals surface area (Å²) in [5.74, 6) is 0.625. The van der Waals surface area contributed by atoms with E-state index in [4.69, 9.17) is 9.47 Å². The number of anilines is 1. The van der Waals surface area contributed by atoms with Crippen LogP contribution in [0.4, 0.5) is 14.5 Å². The van der Waals surface area contributed by atoms with Gasteiger partial charge >= 0.3 is 6.61 Å². The molecule has 11 nitrogen and oxygen atoms in total. The Morgan fingerprint density at radius 1 is 1.19 bits per heavy atom. The Kier molecular flexibility index (Phi) is 7.99. The molecule has 0 spiro atoms. The van der Waals surface area contributed by atoms with E-state index in [9.17, 15) is 18.7 Å². The fourth-order valence-electron chi connectivity index (χ4n) is 5.17. The number of likely N-dealkylation sites (tertiary alicyclic amines) is 1. The van der Waals surface area contributed by atoms with Crippen molar-refractivity contribution in [2.75, 3.05) is 25.0 Å². The van der Waals surface area contributed by atoms with Gasteiger partial charge in [-0.05, 0) is 60.8 Å². The monoisotopic (exact) mass is 589 g/mol. The smallest absolute Gasteiger partial charge is 0.387 e. The van der Waals surface area contributed by atoms with Gasteiger partial charge in [0.1, 0.15) is 28.5 Å². The number of aliphatic hydroxyl groups is 1. The van der Waals surface area contributed by atoms with Crippen molar-refractivity contribution in [1.82, 2.24) is 29.3 Å². The number of hydrogen-bond acceptors (Lipinski definition) is 8. The standard InChI is InChI=1S/C30H29F2N7O4/c1-37-17-25(35-29(41)24-14-34-39-11-2-10-33-28(24)39)27(36-37)23-13-22(7-8-26(23)43-30(31)32)42-21-5-3-19(4-6-21)15-38-12-9-20(16-38)18-40/h2-8,10-11,13-14,17,20,30,40H,9,12,15-16,18H2,1H3,(H,35,41)/t20-/m1/s1. The molecule has 0 radical (unpaired) electrons. The average molecular weight is 590 g/mol. The van der Waals surface area contributed by atoms with Crippen LogP contribution in [0.5, 0.6) is 17.2 Å². The minimum atomic E-state index is -3.08. The lowest BCUT2D eigenvalue weighted by Gasteiger charge is -2.16. The molecule has 5 aromatic rings. The summed E-state index contributed by atoms with van der Waals surface area (Å²) in [6.45, 7) is -0.270.